The van der Waals surface area contributed by atoms with Crippen molar-refractivity contribution in [2.45, 2.75) is 26.8 Å². The van der Waals surface area contributed by atoms with Crippen molar-refractivity contribution >= 4 is 33.4 Å². The van der Waals surface area contributed by atoms with Gasteiger partial charge in [-0.3, -0.25) is 9.59 Å². The standard InChI is InChI=1S/C22H24N2O5S/c1-4-28-16-8-6-15(7-9-16)12-20(25)23-22-24(14-21(26)27-3)18-11-10-17(29-5-2)13-19(18)30-22/h6-11,13H,4-5,12,14H2,1-3H3. The van der Waals surface area contributed by atoms with Gasteiger partial charge in [0.1, 0.15) is 18.0 Å². The first-order chi connectivity index (χ1) is 14.5. The number of rotatable bonds is 8. The zero-order chi connectivity index (χ0) is 21.5. The highest BCUT2D eigenvalue weighted by Gasteiger charge is 2.13. The highest BCUT2D eigenvalue weighted by atomic mass is 32.1. The summed E-state index contributed by atoms with van der Waals surface area (Å²) in [7, 11) is 1.33. The van der Waals surface area contributed by atoms with Gasteiger partial charge in [-0.15, -0.1) is 0 Å². The predicted molar refractivity (Wildman–Crippen MR) is 115 cm³/mol. The summed E-state index contributed by atoms with van der Waals surface area (Å²) in [6.07, 6.45) is 0.156. The summed E-state index contributed by atoms with van der Waals surface area (Å²) in [5.74, 6) is 0.776. The van der Waals surface area contributed by atoms with Crippen LogP contribution in [0.5, 0.6) is 11.5 Å². The molecule has 7 nitrogen and oxygen atoms in total. The molecule has 0 spiro atoms. The molecule has 0 aliphatic rings. The van der Waals surface area contributed by atoms with E-state index in [4.69, 9.17) is 14.2 Å². The molecule has 2 aromatic carbocycles. The van der Waals surface area contributed by atoms with Crippen molar-refractivity contribution in [2.24, 2.45) is 4.99 Å². The lowest BCUT2D eigenvalue weighted by Crippen LogP contribution is -2.22. The summed E-state index contributed by atoms with van der Waals surface area (Å²) in [5, 5.41) is 0. The van der Waals surface area contributed by atoms with Crippen molar-refractivity contribution in [1.82, 2.24) is 4.57 Å². The Kier molecular flexibility index (Phi) is 7.24. The van der Waals surface area contributed by atoms with Gasteiger partial charge in [0.25, 0.3) is 5.91 Å². The van der Waals surface area contributed by atoms with Crippen LogP contribution in [0, 0.1) is 0 Å². The lowest BCUT2D eigenvalue weighted by Gasteiger charge is -2.05. The number of nitrogens with zero attached hydrogens (tertiary/aromatic N) is 2. The van der Waals surface area contributed by atoms with Crippen molar-refractivity contribution in [2.75, 3.05) is 20.3 Å². The van der Waals surface area contributed by atoms with Crippen molar-refractivity contribution in [3.05, 3.63) is 52.8 Å². The summed E-state index contributed by atoms with van der Waals surface area (Å²) in [6.45, 7) is 4.94. The van der Waals surface area contributed by atoms with E-state index in [2.05, 4.69) is 4.99 Å². The minimum atomic E-state index is -0.413. The predicted octanol–water partition coefficient (Wildman–Crippen LogP) is 3.34. The van der Waals surface area contributed by atoms with Gasteiger partial charge in [0.2, 0.25) is 0 Å². The Labute approximate surface area is 178 Å². The van der Waals surface area contributed by atoms with Gasteiger partial charge in [0.05, 0.1) is 37.0 Å². The molecule has 0 fully saturated rings. The lowest BCUT2D eigenvalue weighted by molar-refractivity contribution is -0.141. The van der Waals surface area contributed by atoms with Crippen LogP contribution in [0.2, 0.25) is 0 Å². The average molecular weight is 429 g/mol. The first-order valence-corrected chi connectivity index (χ1v) is 10.5. The van der Waals surface area contributed by atoms with E-state index in [1.165, 1.54) is 18.4 Å². The minimum absolute atomic E-state index is 0.0281. The van der Waals surface area contributed by atoms with Crippen molar-refractivity contribution in [1.29, 1.82) is 0 Å². The second kappa shape index (κ2) is 10.1. The van der Waals surface area contributed by atoms with Crippen molar-refractivity contribution in [3.63, 3.8) is 0 Å². The molecule has 1 aromatic heterocycles. The molecule has 0 unspecified atom stereocenters. The molecule has 8 heteroatoms. The van der Waals surface area contributed by atoms with Crippen LogP contribution in [0.25, 0.3) is 10.2 Å². The number of hydrogen-bond donors (Lipinski definition) is 0. The third kappa shape index (κ3) is 5.27. The van der Waals surface area contributed by atoms with Gasteiger partial charge < -0.3 is 18.8 Å². The molecule has 30 heavy (non-hydrogen) atoms. The molecule has 1 amide bonds. The molecule has 0 radical (unpaired) electrons. The Bertz CT molecular complexity index is 1100. The van der Waals surface area contributed by atoms with Gasteiger partial charge in [0, 0.05) is 0 Å². The van der Waals surface area contributed by atoms with Crippen LogP contribution in [-0.2, 0) is 27.3 Å². The number of carbonyl (C=O) groups is 2. The van der Waals surface area contributed by atoms with Crippen LogP contribution in [-0.4, -0.2) is 36.8 Å². The fourth-order valence-corrected chi connectivity index (χ4v) is 4.01. The highest BCUT2D eigenvalue weighted by Crippen LogP contribution is 2.23. The third-order valence-corrected chi connectivity index (χ3v) is 5.33. The van der Waals surface area contributed by atoms with E-state index in [9.17, 15) is 9.59 Å². The smallest absolute Gasteiger partial charge is 0.325 e. The molecular weight excluding hydrogens is 404 g/mol. The van der Waals surface area contributed by atoms with Crippen molar-refractivity contribution in [3.8, 4) is 11.5 Å². The normalized spacial score (nSPS) is 11.5. The first-order valence-electron chi connectivity index (χ1n) is 9.66. The fourth-order valence-electron chi connectivity index (χ4n) is 2.93. The number of carbonyl (C=O) groups excluding carboxylic acids is 2. The second-order valence-electron chi connectivity index (χ2n) is 6.37. The SMILES string of the molecule is CCOc1ccc(CC(=O)N=c2sc3cc(OCC)ccc3n2CC(=O)OC)cc1. The molecule has 0 saturated heterocycles. The van der Waals surface area contributed by atoms with Crippen LogP contribution in [0.15, 0.2) is 47.5 Å². The van der Waals surface area contributed by atoms with Crippen LogP contribution >= 0.6 is 11.3 Å². The Morgan fingerprint density at radius 3 is 2.33 bits per heavy atom. The Morgan fingerprint density at radius 1 is 1.00 bits per heavy atom. The van der Waals surface area contributed by atoms with E-state index >= 15 is 0 Å². The molecule has 1 heterocycles. The third-order valence-electron chi connectivity index (χ3n) is 4.29. The average Bonchev–Trinajstić information content (AvgIpc) is 3.05. The molecule has 158 valence electrons. The summed E-state index contributed by atoms with van der Waals surface area (Å²) >= 11 is 1.33. The lowest BCUT2D eigenvalue weighted by atomic mass is 10.1. The summed E-state index contributed by atoms with van der Waals surface area (Å²) < 4.78 is 18.3. The van der Waals surface area contributed by atoms with E-state index in [1.54, 1.807) is 4.57 Å². The van der Waals surface area contributed by atoms with E-state index < -0.39 is 5.97 Å². The monoisotopic (exact) mass is 428 g/mol. The summed E-state index contributed by atoms with van der Waals surface area (Å²) in [4.78, 5) is 29.2. The number of benzene rings is 2. The topological polar surface area (TPSA) is 79.1 Å². The van der Waals surface area contributed by atoms with Gasteiger partial charge in [-0.2, -0.15) is 4.99 Å². The molecular formula is C22H24N2O5S. The fraction of sp³-hybridized carbons (Fsp3) is 0.318. The number of methoxy groups -OCH3 is 1. The zero-order valence-electron chi connectivity index (χ0n) is 17.2. The number of esters is 1. The van der Waals surface area contributed by atoms with Crippen LogP contribution in [0.1, 0.15) is 19.4 Å². The number of amides is 1. The van der Waals surface area contributed by atoms with Crippen LogP contribution < -0.4 is 14.3 Å². The van der Waals surface area contributed by atoms with Crippen molar-refractivity contribution < 1.29 is 23.8 Å². The Morgan fingerprint density at radius 2 is 1.67 bits per heavy atom. The van der Waals surface area contributed by atoms with Gasteiger partial charge in [-0.25, -0.2) is 0 Å². The molecule has 0 saturated carbocycles. The molecule has 3 rings (SSSR count). The summed E-state index contributed by atoms with van der Waals surface area (Å²) in [6, 6.07) is 12.9. The number of ether oxygens (including phenoxy) is 3. The molecule has 0 aliphatic heterocycles. The Balaban J connectivity index is 1.93. The van der Waals surface area contributed by atoms with Gasteiger partial charge in [-0.1, -0.05) is 23.5 Å². The summed E-state index contributed by atoms with van der Waals surface area (Å²) in [5.41, 5.74) is 1.63. The maximum Gasteiger partial charge on any atom is 0.325 e. The van der Waals surface area contributed by atoms with E-state index in [0.717, 1.165) is 27.3 Å². The first kappa shape index (κ1) is 21.6. The minimum Gasteiger partial charge on any atom is -0.494 e. The zero-order valence-corrected chi connectivity index (χ0v) is 18.0. The second-order valence-corrected chi connectivity index (χ2v) is 7.38. The number of thiazole rings is 1. The number of fused-ring (bicyclic) bond motifs is 1. The van der Waals surface area contributed by atoms with Gasteiger partial charge in [0.15, 0.2) is 4.80 Å². The molecule has 0 bridgehead atoms. The van der Waals surface area contributed by atoms with Crippen LogP contribution in [0.3, 0.4) is 0 Å². The van der Waals surface area contributed by atoms with Gasteiger partial charge >= 0.3 is 5.97 Å². The maximum absolute atomic E-state index is 12.6. The number of aromatic nitrogens is 1. The molecule has 0 N–H and O–H groups in total. The molecule has 0 aliphatic carbocycles. The van der Waals surface area contributed by atoms with E-state index in [-0.39, 0.29) is 18.9 Å². The quantitative estimate of drug-likeness (QED) is 0.514. The highest BCUT2D eigenvalue weighted by molar-refractivity contribution is 7.16. The molecule has 0 atom stereocenters. The Hall–Kier alpha value is -3.13. The van der Waals surface area contributed by atoms with E-state index in [1.807, 2.05) is 56.3 Å². The van der Waals surface area contributed by atoms with E-state index in [0.29, 0.717) is 18.0 Å². The number of hydrogen-bond acceptors (Lipinski definition) is 6. The van der Waals surface area contributed by atoms with Crippen LogP contribution in [0.4, 0.5) is 0 Å². The largest absolute Gasteiger partial charge is 0.494 e. The molecule has 3 aromatic rings. The van der Waals surface area contributed by atoms with Gasteiger partial charge in [-0.05, 0) is 49.7 Å². The maximum atomic E-state index is 12.6.